The summed E-state index contributed by atoms with van der Waals surface area (Å²) in [4.78, 5) is 26.9. The molecule has 0 aliphatic rings. The molecule has 1 N–H and O–H groups in total. The molecule has 2 aromatic rings. The Morgan fingerprint density at radius 2 is 1.81 bits per heavy atom. The van der Waals surface area contributed by atoms with Gasteiger partial charge in [0.05, 0.1) is 19.1 Å². The number of nitrogens with one attached hydrogen (secondary N) is 1. The molecule has 0 unspecified atom stereocenters. The lowest BCUT2D eigenvalue weighted by Crippen LogP contribution is -2.50. The van der Waals surface area contributed by atoms with E-state index in [1.165, 1.54) is 11.9 Å². The number of rotatable bonds is 9. The summed E-state index contributed by atoms with van der Waals surface area (Å²) in [5.74, 6) is -0.228. The van der Waals surface area contributed by atoms with Crippen molar-refractivity contribution in [2.45, 2.75) is 19.5 Å². The van der Waals surface area contributed by atoms with Crippen molar-refractivity contribution in [1.82, 2.24) is 10.2 Å². The minimum absolute atomic E-state index is 0.120. The lowest BCUT2D eigenvalue weighted by Gasteiger charge is -2.31. The highest BCUT2D eigenvalue weighted by Crippen LogP contribution is 2.21. The van der Waals surface area contributed by atoms with Gasteiger partial charge in [0.1, 0.15) is 18.3 Å². The van der Waals surface area contributed by atoms with E-state index < -0.39 is 28.5 Å². The quantitative estimate of drug-likeness (QED) is 0.476. The van der Waals surface area contributed by atoms with Crippen molar-refractivity contribution in [3.05, 3.63) is 57.7 Å². The minimum atomic E-state index is -3.73. The van der Waals surface area contributed by atoms with E-state index in [1.54, 1.807) is 56.5 Å². The highest BCUT2D eigenvalue weighted by Gasteiger charge is 2.29. The van der Waals surface area contributed by atoms with Crippen LogP contribution in [-0.2, 0) is 26.2 Å². The van der Waals surface area contributed by atoms with Crippen LogP contribution in [0.2, 0.25) is 0 Å². The third-order valence-corrected chi connectivity index (χ3v) is 6.55. The van der Waals surface area contributed by atoms with Crippen molar-refractivity contribution in [3.63, 3.8) is 0 Å². The summed E-state index contributed by atoms with van der Waals surface area (Å²) in [7, 11) is -0.702. The molecular weight excluding hydrogens is 533 g/mol. The number of benzene rings is 2. The maximum absolute atomic E-state index is 13.3. The molecule has 0 radical (unpaired) electrons. The number of amides is 2. The number of carbonyl (C=O) groups excluding carboxylic acids is 2. The van der Waals surface area contributed by atoms with Crippen LogP contribution in [0.25, 0.3) is 0 Å². The first-order valence-corrected chi connectivity index (χ1v) is 12.4. The van der Waals surface area contributed by atoms with Gasteiger partial charge in [0, 0.05) is 17.2 Å². The number of sulfonamides is 1. The fourth-order valence-corrected chi connectivity index (χ4v) is 4.19. The van der Waals surface area contributed by atoms with Gasteiger partial charge in [0.15, 0.2) is 0 Å². The van der Waals surface area contributed by atoms with Gasteiger partial charge in [-0.05, 0) is 71.5 Å². The fourth-order valence-electron chi connectivity index (χ4n) is 2.98. The van der Waals surface area contributed by atoms with E-state index in [2.05, 4.69) is 27.9 Å². The number of methoxy groups -OCH3 is 1. The number of nitrogens with zero attached hydrogens (tertiary/aromatic N) is 2. The number of hydrogen-bond donors (Lipinski definition) is 1. The first-order valence-electron chi connectivity index (χ1n) is 9.44. The van der Waals surface area contributed by atoms with E-state index in [-0.39, 0.29) is 12.5 Å². The first kappa shape index (κ1) is 24.9. The zero-order valence-electron chi connectivity index (χ0n) is 17.8. The summed E-state index contributed by atoms with van der Waals surface area (Å²) in [5.41, 5.74) is 1.13. The Hall–Kier alpha value is -2.34. The van der Waals surface area contributed by atoms with Gasteiger partial charge >= 0.3 is 0 Å². The molecule has 2 amide bonds. The van der Waals surface area contributed by atoms with Crippen LogP contribution in [0.5, 0.6) is 5.75 Å². The highest BCUT2D eigenvalue weighted by atomic mass is 127. The molecule has 10 heteroatoms. The van der Waals surface area contributed by atoms with Gasteiger partial charge in [-0.1, -0.05) is 12.1 Å². The molecule has 0 aliphatic carbocycles. The van der Waals surface area contributed by atoms with Crippen molar-refractivity contribution >= 4 is 50.1 Å². The molecule has 0 bridgehead atoms. The number of likely N-dealkylation sites (N-methyl/N-ethyl adjacent to an activating group) is 1. The largest absolute Gasteiger partial charge is 0.497 e. The minimum Gasteiger partial charge on any atom is -0.497 e. The van der Waals surface area contributed by atoms with Gasteiger partial charge in [-0.3, -0.25) is 13.9 Å². The molecular formula is C21H26IN3O5S. The molecule has 8 nitrogen and oxygen atoms in total. The first-order chi connectivity index (χ1) is 14.6. The van der Waals surface area contributed by atoms with Crippen LogP contribution in [-0.4, -0.2) is 58.1 Å². The molecule has 2 aromatic carbocycles. The Balaban J connectivity index is 2.37. The van der Waals surface area contributed by atoms with Crippen LogP contribution < -0.4 is 14.4 Å². The Bertz CT molecular complexity index is 1030. The number of anilines is 1. The maximum Gasteiger partial charge on any atom is 0.244 e. The maximum atomic E-state index is 13.3. The number of ether oxygens (including phenoxy) is 1. The molecule has 168 valence electrons. The van der Waals surface area contributed by atoms with E-state index in [0.717, 1.165) is 19.7 Å². The molecule has 0 aromatic heterocycles. The second-order valence-corrected chi connectivity index (χ2v) is 10.1. The van der Waals surface area contributed by atoms with Gasteiger partial charge in [0.25, 0.3) is 0 Å². The summed E-state index contributed by atoms with van der Waals surface area (Å²) in [6.45, 7) is 1.30. The molecule has 31 heavy (non-hydrogen) atoms. The highest BCUT2D eigenvalue weighted by molar-refractivity contribution is 14.1. The lowest BCUT2D eigenvalue weighted by molar-refractivity contribution is -0.139. The molecule has 0 spiro atoms. The Labute approximate surface area is 196 Å². The van der Waals surface area contributed by atoms with Crippen molar-refractivity contribution in [1.29, 1.82) is 0 Å². The molecule has 0 heterocycles. The molecule has 0 aliphatic heterocycles. The normalized spacial score (nSPS) is 12.0. The predicted octanol–water partition coefficient (Wildman–Crippen LogP) is 2.23. The lowest BCUT2D eigenvalue weighted by atomic mass is 10.1. The SMILES string of the molecule is CNC(=O)[C@H](C)N(Cc1cccc(OC)c1)C(=O)CN(c1ccc(I)cc1)S(C)(=O)=O. The number of carbonyl (C=O) groups is 2. The molecule has 0 fully saturated rings. The van der Waals surface area contributed by atoms with E-state index >= 15 is 0 Å². The topological polar surface area (TPSA) is 96.0 Å². The van der Waals surface area contributed by atoms with E-state index in [4.69, 9.17) is 4.74 Å². The van der Waals surface area contributed by atoms with Crippen LogP contribution in [0.3, 0.4) is 0 Å². The number of hydrogen-bond acceptors (Lipinski definition) is 5. The van der Waals surface area contributed by atoms with Crippen molar-refractivity contribution < 1.29 is 22.7 Å². The third-order valence-electron chi connectivity index (χ3n) is 4.69. The predicted molar refractivity (Wildman–Crippen MR) is 128 cm³/mol. The third kappa shape index (κ3) is 6.82. The summed E-state index contributed by atoms with van der Waals surface area (Å²) in [6.07, 6.45) is 1.05. The van der Waals surface area contributed by atoms with Gasteiger partial charge in [0.2, 0.25) is 21.8 Å². The molecule has 1 atom stereocenters. The average Bonchev–Trinajstić information content (AvgIpc) is 2.74. The second-order valence-electron chi connectivity index (χ2n) is 6.91. The summed E-state index contributed by atoms with van der Waals surface area (Å²) >= 11 is 2.12. The van der Waals surface area contributed by atoms with Crippen LogP contribution in [0.4, 0.5) is 5.69 Å². The number of halogens is 1. The second kappa shape index (κ2) is 10.8. The van der Waals surface area contributed by atoms with Crippen LogP contribution >= 0.6 is 22.6 Å². The summed E-state index contributed by atoms with van der Waals surface area (Å²) < 4.78 is 32.1. The van der Waals surface area contributed by atoms with Gasteiger partial charge < -0.3 is 15.0 Å². The molecule has 0 saturated heterocycles. The van der Waals surface area contributed by atoms with Crippen LogP contribution in [0.15, 0.2) is 48.5 Å². The average molecular weight is 559 g/mol. The Morgan fingerprint density at radius 3 is 2.35 bits per heavy atom. The van der Waals surface area contributed by atoms with E-state index in [9.17, 15) is 18.0 Å². The van der Waals surface area contributed by atoms with Crippen LogP contribution in [0, 0.1) is 3.57 Å². The Kier molecular flexibility index (Phi) is 8.69. The molecule has 0 saturated carbocycles. The van der Waals surface area contributed by atoms with Crippen molar-refractivity contribution in [2.75, 3.05) is 31.3 Å². The summed E-state index contributed by atoms with van der Waals surface area (Å²) in [6, 6.07) is 13.2. The Morgan fingerprint density at radius 1 is 1.16 bits per heavy atom. The zero-order valence-corrected chi connectivity index (χ0v) is 20.8. The zero-order chi connectivity index (χ0) is 23.2. The van der Waals surface area contributed by atoms with E-state index in [1.807, 2.05) is 6.07 Å². The van der Waals surface area contributed by atoms with Crippen LogP contribution in [0.1, 0.15) is 12.5 Å². The molecule has 2 rings (SSSR count). The van der Waals surface area contributed by atoms with Gasteiger partial charge in [-0.25, -0.2) is 8.42 Å². The van der Waals surface area contributed by atoms with Gasteiger partial charge in [-0.2, -0.15) is 0 Å². The monoisotopic (exact) mass is 559 g/mol. The standard InChI is InChI=1S/C21H26IN3O5S/c1-15(21(27)23-2)24(13-16-6-5-7-19(12-16)30-3)20(26)14-25(31(4,28)29)18-10-8-17(22)9-11-18/h5-12,15H,13-14H2,1-4H3,(H,23,27)/t15-/m0/s1. The van der Waals surface area contributed by atoms with Crippen molar-refractivity contribution in [3.8, 4) is 5.75 Å². The van der Waals surface area contributed by atoms with E-state index in [0.29, 0.717) is 11.4 Å². The fraction of sp³-hybridized carbons (Fsp3) is 0.333. The van der Waals surface area contributed by atoms with Crippen molar-refractivity contribution in [2.24, 2.45) is 0 Å². The smallest absolute Gasteiger partial charge is 0.244 e. The van der Waals surface area contributed by atoms with Gasteiger partial charge in [-0.15, -0.1) is 0 Å². The summed E-state index contributed by atoms with van der Waals surface area (Å²) in [5, 5.41) is 2.54.